The van der Waals surface area contributed by atoms with Crippen LogP contribution in [0.5, 0.6) is 23.1 Å². The lowest BCUT2D eigenvalue weighted by Crippen LogP contribution is -1.98. The number of rotatable bonds is 4. The Labute approximate surface area is 129 Å². The second-order valence-electron chi connectivity index (χ2n) is 4.12. The zero-order valence-electron chi connectivity index (χ0n) is 11.4. The molecule has 108 valence electrons. The summed E-state index contributed by atoms with van der Waals surface area (Å²) in [6, 6.07) is 5.40. The minimum Gasteiger partial charge on any atom is -0.493 e. The smallest absolute Gasteiger partial charge is 0.265 e. The highest BCUT2D eigenvalue weighted by molar-refractivity contribution is 9.10. The molecule has 3 rings (SSSR count). The van der Waals surface area contributed by atoms with Crippen LogP contribution in [-0.4, -0.2) is 28.6 Å². The van der Waals surface area contributed by atoms with Gasteiger partial charge in [-0.25, -0.2) is 9.97 Å². The van der Waals surface area contributed by atoms with Gasteiger partial charge in [0.15, 0.2) is 11.5 Å². The van der Waals surface area contributed by atoms with Crippen LogP contribution < -0.4 is 14.2 Å². The zero-order valence-corrected chi connectivity index (χ0v) is 13.0. The zero-order chi connectivity index (χ0) is 14.8. The molecule has 21 heavy (non-hydrogen) atoms. The van der Waals surface area contributed by atoms with E-state index in [1.54, 1.807) is 38.7 Å². The summed E-state index contributed by atoms with van der Waals surface area (Å²) in [6.45, 7) is 0. The first-order valence-electron chi connectivity index (χ1n) is 6.11. The van der Waals surface area contributed by atoms with Gasteiger partial charge in [0.2, 0.25) is 11.4 Å². The van der Waals surface area contributed by atoms with Crippen LogP contribution in [0.2, 0.25) is 0 Å². The summed E-state index contributed by atoms with van der Waals surface area (Å²) < 4.78 is 19.0. The molecule has 0 amide bonds. The molecule has 0 radical (unpaired) electrons. The SMILES string of the molecule is COc1cccc(OC)c1Oc1nc(Br)cn2ccnc12. The molecule has 0 saturated carbocycles. The van der Waals surface area contributed by atoms with Crippen molar-refractivity contribution in [1.29, 1.82) is 0 Å². The van der Waals surface area contributed by atoms with Crippen LogP contribution in [0, 0.1) is 0 Å². The third kappa shape index (κ3) is 2.52. The van der Waals surface area contributed by atoms with Crippen molar-refractivity contribution in [2.75, 3.05) is 14.2 Å². The van der Waals surface area contributed by atoms with Crippen molar-refractivity contribution in [2.45, 2.75) is 0 Å². The monoisotopic (exact) mass is 349 g/mol. The number of imidazole rings is 1. The minimum absolute atomic E-state index is 0.358. The maximum absolute atomic E-state index is 5.90. The number of nitrogens with zero attached hydrogens (tertiary/aromatic N) is 3. The maximum atomic E-state index is 5.90. The quantitative estimate of drug-likeness (QED) is 0.723. The number of hydrogen-bond acceptors (Lipinski definition) is 5. The van der Waals surface area contributed by atoms with Crippen LogP contribution >= 0.6 is 15.9 Å². The second-order valence-corrected chi connectivity index (χ2v) is 4.93. The van der Waals surface area contributed by atoms with Gasteiger partial charge < -0.3 is 14.2 Å². The molecule has 0 N–H and O–H groups in total. The summed E-state index contributed by atoms with van der Waals surface area (Å²) in [7, 11) is 3.14. The minimum atomic E-state index is 0.358. The number of methoxy groups -OCH3 is 2. The number of halogens is 1. The Bertz CT molecular complexity index is 766. The van der Waals surface area contributed by atoms with Crippen LogP contribution in [-0.2, 0) is 0 Å². The van der Waals surface area contributed by atoms with Gasteiger partial charge in [-0.3, -0.25) is 4.40 Å². The average Bonchev–Trinajstić information content (AvgIpc) is 2.95. The normalized spacial score (nSPS) is 10.6. The first-order chi connectivity index (χ1) is 10.2. The number of fused-ring (bicyclic) bond motifs is 1. The molecule has 0 saturated heterocycles. The average molecular weight is 350 g/mol. The van der Waals surface area contributed by atoms with E-state index in [1.165, 1.54) is 0 Å². The largest absolute Gasteiger partial charge is 0.493 e. The van der Waals surface area contributed by atoms with Gasteiger partial charge in [0.1, 0.15) is 4.60 Å². The van der Waals surface area contributed by atoms with Gasteiger partial charge in [-0.05, 0) is 28.1 Å². The van der Waals surface area contributed by atoms with Gasteiger partial charge >= 0.3 is 0 Å². The molecule has 0 aliphatic carbocycles. The van der Waals surface area contributed by atoms with E-state index < -0.39 is 0 Å². The summed E-state index contributed by atoms with van der Waals surface area (Å²) in [5.74, 6) is 1.93. The standard InChI is InChI=1S/C14H12BrN3O3/c1-19-9-4-3-5-10(20-2)12(9)21-14-13-16-6-7-18(13)8-11(15)17-14/h3-8H,1-2H3. The lowest BCUT2D eigenvalue weighted by Gasteiger charge is -2.13. The van der Waals surface area contributed by atoms with Crippen LogP contribution in [0.1, 0.15) is 0 Å². The van der Waals surface area contributed by atoms with Crippen molar-refractivity contribution >= 4 is 21.6 Å². The highest BCUT2D eigenvalue weighted by Crippen LogP contribution is 2.40. The number of hydrogen-bond donors (Lipinski definition) is 0. The Hall–Kier alpha value is -2.28. The van der Waals surface area contributed by atoms with Crippen molar-refractivity contribution in [3.05, 3.63) is 41.4 Å². The highest BCUT2D eigenvalue weighted by atomic mass is 79.9. The number of ether oxygens (including phenoxy) is 3. The van der Waals surface area contributed by atoms with E-state index in [2.05, 4.69) is 25.9 Å². The van der Waals surface area contributed by atoms with Crippen molar-refractivity contribution in [2.24, 2.45) is 0 Å². The van der Waals surface area contributed by atoms with E-state index in [-0.39, 0.29) is 0 Å². The van der Waals surface area contributed by atoms with Crippen LogP contribution in [0.25, 0.3) is 5.65 Å². The van der Waals surface area contributed by atoms with Gasteiger partial charge in [0.05, 0.1) is 14.2 Å². The molecule has 0 atom stereocenters. The lowest BCUT2D eigenvalue weighted by molar-refractivity contribution is 0.342. The van der Waals surface area contributed by atoms with Crippen LogP contribution in [0.15, 0.2) is 41.4 Å². The Morgan fingerprint density at radius 1 is 1.14 bits per heavy atom. The molecular formula is C14H12BrN3O3. The summed E-state index contributed by atoms with van der Waals surface area (Å²) in [6.07, 6.45) is 5.29. The lowest BCUT2D eigenvalue weighted by atomic mass is 10.3. The van der Waals surface area contributed by atoms with Crippen molar-refractivity contribution < 1.29 is 14.2 Å². The summed E-state index contributed by atoms with van der Waals surface area (Å²) in [5, 5.41) is 0. The van der Waals surface area contributed by atoms with E-state index in [0.717, 1.165) is 0 Å². The first-order valence-corrected chi connectivity index (χ1v) is 6.90. The van der Waals surface area contributed by atoms with E-state index >= 15 is 0 Å². The Morgan fingerprint density at radius 2 is 1.86 bits per heavy atom. The molecule has 2 aromatic heterocycles. The number of para-hydroxylation sites is 1. The van der Waals surface area contributed by atoms with Crippen LogP contribution in [0.4, 0.5) is 0 Å². The van der Waals surface area contributed by atoms with Gasteiger partial charge in [-0.15, -0.1) is 0 Å². The first kappa shape index (κ1) is 13.7. The van der Waals surface area contributed by atoms with Crippen molar-refractivity contribution in [3.63, 3.8) is 0 Å². The maximum Gasteiger partial charge on any atom is 0.265 e. The Kier molecular flexibility index (Phi) is 3.66. The second kappa shape index (κ2) is 5.61. The topological polar surface area (TPSA) is 57.9 Å². The highest BCUT2D eigenvalue weighted by Gasteiger charge is 2.16. The van der Waals surface area contributed by atoms with E-state index in [0.29, 0.717) is 33.4 Å². The predicted molar refractivity (Wildman–Crippen MR) is 80.3 cm³/mol. The summed E-state index contributed by atoms with van der Waals surface area (Å²) in [5.41, 5.74) is 0.603. The predicted octanol–water partition coefficient (Wildman–Crippen LogP) is 3.30. The number of benzene rings is 1. The Balaban J connectivity index is 2.12. The van der Waals surface area contributed by atoms with Crippen molar-refractivity contribution in [1.82, 2.24) is 14.4 Å². The molecule has 6 nitrogen and oxygen atoms in total. The molecular weight excluding hydrogens is 338 g/mol. The molecule has 0 unspecified atom stereocenters. The molecule has 0 spiro atoms. The Morgan fingerprint density at radius 3 is 2.52 bits per heavy atom. The fourth-order valence-corrected chi connectivity index (χ4v) is 2.34. The summed E-state index contributed by atoms with van der Waals surface area (Å²) in [4.78, 5) is 8.56. The van der Waals surface area contributed by atoms with Gasteiger partial charge in [0.25, 0.3) is 5.88 Å². The molecule has 0 aliphatic heterocycles. The van der Waals surface area contributed by atoms with Gasteiger partial charge in [-0.2, -0.15) is 0 Å². The molecule has 1 aromatic carbocycles. The van der Waals surface area contributed by atoms with Gasteiger partial charge in [-0.1, -0.05) is 6.07 Å². The number of aromatic nitrogens is 3. The van der Waals surface area contributed by atoms with Crippen molar-refractivity contribution in [3.8, 4) is 23.1 Å². The third-order valence-electron chi connectivity index (χ3n) is 2.90. The van der Waals surface area contributed by atoms with E-state index in [9.17, 15) is 0 Å². The fourth-order valence-electron chi connectivity index (χ4n) is 1.96. The van der Waals surface area contributed by atoms with Gasteiger partial charge in [0, 0.05) is 18.6 Å². The van der Waals surface area contributed by atoms with E-state index in [1.807, 2.05) is 16.7 Å². The fraction of sp³-hybridized carbons (Fsp3) is 0.143. The molecule has 7 heteroatoms. The third-order valence-corrected chi connectivity index (χ3v) is 3.28. The molecule has 0 bridgehead atoms. The van der Waals surface area contributed by atoms with Crippen LogP contribution in [0.3, 0.4) is 0 Å². The van der Waals surface area contributed by atoms with E-state index in [4.69, 9.17) is 14.2 Å². The molecule has 0 fully saturated rings. The molecule has 2 heterocycles. The summed E-state index contributed by atoms with van der Waals surface area (Å²) >= 11 is 3.35. The molecule has 3 aromatic rings. The molecule has 0 aliphatic rings.